The molecule has 0 aromatic heterocycles. The van der Waals surface area contributed by atoms with Crippen LogP contribution in [0.3, 0.4) is 0 Å². The molecule has 2 N–H and O–H groups in total. The number of amides is 1. The number of nitrogens with one attached hydrogen (secondary N) is 2. The van der Waals surface area contributed by atoms with Crippen LogP contribution in [0.25, 0.3) is 0 Å². The van der Waals surface area contributed by atoms with E-state index in [9.17, 15) is 4.79 Å². The molecule has 0 bridgehead atoms. The van der Waals surface area contributed by atoms with Crippen LogP contribution in [0.1, 0.15) is 37.5 Å². The van der Waals surface area contributed by atoms with E-state index in [1.807, 2.05) is 36.4 Å². The number of carbonyl (C=O) groups excluding carboxylic acids is 1. The highest BCUT2D eigenvalue weighted by molar-refractivity contribution is 8.07. The predicted octanol–water partition coefficient (Wildman–Crippen LogP) is 6.53. The summed E-state index contributed by atoms with van der Waals surface area (Å²) >= 11 is 14.6. The molecule has 1 fully saturated rings. The zero-order valence-electron chi connectivity index (χ0n) is 20.5. The van der Waals surface area contributed by atoms with Gasteiger partial charge in [0.25, 0.3) is 5.91 Å². The van der Waals surface area contributed by atoms with Gasteiger partial charge in [-0.3, -0.25) is 15.1 Å². The Bertz CT molecular complexity index is 1340. The lowest BCUT2D eigenvalue weighted by molar-refractivity contribution is -0.120. The molecule has 2 aliphatic rings. The van der Waals surface area contributed by atoms with Crippen LogP contribution < -0.4 is 15.5 Å². The molecule has 3 unspecified atom stereocenters. The number of fused-ring (bicyclic) bond motifs is 1. The van der Waals surface area contributed by atoms with Gasteiger partial charge in [-0.05, 0) is 47.4 Å². The molecule has 36 heavy (non-hydrogen) atoms. The lowest BCUT2D eigenvalue weighted by Gasteiger charge is -2.21. The first-order valence-corrected chi connectivity index (χ1v) is 13.5. The maximum absolute atomic E-state index is 13.5. The first kappa shape index (κ1) is 25.2. The average molecular weight is 540 g/mol. The molecule has 1 amide bonds. The van der Waals surface area contributed by atoms with E-state index < -0.39 is 6.17 Å². The Labute approximate surface area is 226 Å². The SMILES string of the molecule is CN1C(=O)C(NC2SC2Nc2ccc(C(C)(C)C)cc2)N=C(c2ccccc2Cl)c2cc(Cl)ccc21. The Morgan fingerprint density at radius 1 is 0.944 bits per heavy atom. The van der Waals surface area contributed by atoms with E-state index in [0.717, 1.165) is 22.5 Å². The molecule has 1 saturated heterocycles. The average Bonchev–Trinajstić information content (AvgIpc) is 3.59. The molecule has 5 nitrogen and oxygen atoms in total. The van der Waals surface area contributed by atoms with Crippen molar-refractivity contribution in [3.63, 3.8) is 0 Å². The van der Waals surface area contributed by atoms with E-state index in [-0.39, 0.29) is 22.1 Å². The van der Waals surface area contributed by atoms with Crippen molar-refractivity contribution >= 4 is 58.0 Å². The van der Waals surface area contributed by atoms with Gasteiger partial charge >= 0.3 is 0 Å². The smallest absolute Gasteiger partial charge is 0.266 e. The monoisotopic (exact) mass is 538 g/mol. The quantitative estimate of drug-likeness (QED) is 0.362. The summed E-state index contributed by atoms with van der Waals surface area (Å²) in [7, 11) is 1.77. The van der Waals surface area contributed by atoms with Gasteiger partial charge < -0.3 is 10.2 Å². The molecule has 2 aliphatic heterocycles. The second kappa shape index (κ2) is 9.75. The van der Waals surface area contributed by atoms with Crippen LogP contribution >= 0.6 is 35.0 Å². The topological polar surface area (TPSA) is 56.7 Å². The van der Waals surface area contributed by atoms with E-state index in [2.05, 4.69) is 55.7 Å². The van der Waals surface area contributed by atoms with Crippen LogP contribution in [0.2, 0.25) is 10.0 Å². The van der Waals surface area contributed by atoms with Crippen LogP contribution in [0.15, 0.2) is 71.7 Å². The zero-order chi connectivity index (χ0) is 25.6. The number of anilines is 2. The van der Waals surface area contributed by atoms with Crippen molar-refractivity contribution in [1.82, 2.24) is 5.32 Å². The Hall–Kier alpha value is -2.51. The summed E-state index contributed by atoms with van der Waals surface area (Å²) in [6, 6.07) is 21.5. The minimum atomic E-state index is -0.764. The lowest BCUT2D eigenvalue weighted by Crippen LogP contribution is -2.45. The highest BCUT2D eigenvalue weighted by Gasteiger charge is 2.42. The Morgan fingerprint density at radius 3 is 2.36 bits per heavy atom. The molecule has 0 radical (unpaired) electrons. The van der Waals surface area contributed by atoms with Crippen molar-refractivity contribution in [1.29, 1.82) is 0 Å². The number of carbonyl (C=O) groups is 1. The number of likely N-dealkylation sites (N-methyl/N-ethyl adjacent to an activating group) is 1. The van der Waals surface area contributed by atoms with Gasteiger partial charge in [0, 0.05) is 33.9 Å². The third-order valence-electron chi connectivity index (χ3n) is 6.40. The molecule has 2 heterocycles. The van der Waals surface area contributed by atoms with Crippen LogP contribution in [0, 0.1) is 0 Å². The standard InChI is InChI=1S/C28H28Cl2N4OS/c1-28(2,3)16-9-12-18(13-10-16)31-25-26(36-25)33-24-27(35)34(4)22-14-11-17(29)15-20(22)23(32-24)19-7-5-6-8-21(19)30/h5-15,24-26,31,33H,1-4H3. The number of hydrogen-bond acceptors (Lipinski definition) is 5. The summed E-state index contributed by atoms with van der Waals surface area (Å²) in [5, 5.41) is 8.29. The molecule has 0 aliphatic carbocycles. The van der Waals surface area contributed by atoms with Crippen molar-refractivity contribution in [2.24, 2.45) is 4.99 Å². The highest BCUT2D eigenvalue weighted by atomic mass is 35.5. The number of benzodiazepines with no additional fused rings is 1. The fraction of sp³-hybridized carbons (Fsp3) is 0.286. The number of benzene rings is 3. The molecular formula is C28H28Cl2N4OS. The van der Waals surface area contributed by atoms with Gasteiger partial charge in [0.05, 0.1) is 22.1 Å². The molecule has 0 saturated carbocycles. The first-order valence-electron chi connectivity index (χ1n) is 11.8. The minimum Gasteiger partial charge on any atom is -0.371 e. The third kappa shape index (κ3) is 5.14. The van der Waals surface area contributed by atoms with Crippen LogP contribution in [0.4, 0.5) is 11.4 Å². The normalized spacial score (nSPS) is 21.5. The number of aliphatic imine (C=N–C) groups is 1. The highest BCUT2D eigenvalue weighted by Crippen LogP contribution is 2.41. The molecule has 3 aromatic carbocycles. The molecule has 5 rings (SSSR count). The van der Waals surface area contributed by atoms with Gasteiger partial charge in [-0.15, -0.1) is 11.8 Å². The predicted molar refractivity (Wildman–Crippen MR) is 153 cm³/mol. The summed E-state index contributed by atoms with van der Waals surface area (Å²) in [6.45, 7) is 6.61. The van der Waals surface area contributed by atoms with Gasteiger partial charge in [0.1, 0.15) is 0 Å². The largest absolute Gasteiger partial charge is 0.371 e. The molecular weight excluding hydrogens is 511 g/mol. The molecule has 0 spiro atoms. The van der Waals surface area contributed by atoms with Crippen LogP contribution in [-0.2, 0) is 10.2 Å². The first-order chi connectivity index (χ1) is 17.1. The van der Waals surface area contributed by atoms with E-state index in [1.54, 1.807) is 29.8 Å². The third-order valence-corrected chi connectivity index (χ3v) is 8.04. The maximum atomic E-state index is 13.5. The lowest BCUT2D eigenvalue weighted by atomic mass is 9.87. The van der Waals surface area contributed by atoms with Crippen molar-refractivity contribution in [3.05, 3.63) is 93.5 Å². The summed E-state index contributed by atoms with van der Waals surface area (Å²) < 4.78 is 0. The number of hydrogen-bond donors (Lipinski definition) is 2. The van der Waals surface area contributed by atoms with Gasteiger partial charge in [0.15, 0.2) is 6.17 Å². The maximum Gasteiger partial charge on any atom is 0.266 e. The zero-order valence-corrected chi connectivity index (χ0v) is 22.9. The van der Waals surface area contributed by atoms with Gasteiger partial charge in [0.2, 0.25) is 0 Å². The summed E-state index contributed by atoms with van der Waals surface area (Å²) in [6.07, 6.45) is -0.764. The number of thioether (sulfide) groups is 1. The van der Waals surface area contributed by atoms with Crippen LogP contribution in [-0.4, -0.2) is 35.6 Å². The molecule has 3 atom stereocenters. The van der Waals surface area contributed by atoms with Gasteiger partial charge in [-0.25, -0.2) is 0 Å². The second-order valence-corrected chi connectivity index (χ2v) is 12.2. The molecule has 186 valence electrons. The van der Waals surface area contributed by atoms with Crippen molar-refractivity contribution in [2.45, 2.75) is 43.1 Å². The Morgan fingerprint density at radius 2 is 1.67 bits per heavy atom. The fourth-order valence-electron chi connectivity index (χ4n) is 4.26. The van der Waals surface area contributed by atoms with Crippen molar-refractivity contribution in [3.8, 4) is 0 Å². The van der Waals surface area contributed by atoms with E-state index >= 15 is 0 Å². The van der Waals surface area contributed by atoms with Crippen LogP contribution in [0.5, 0.6) is 0 Å². The number of nitrogens with zero attached hydrogens (tertiary/aromatic N) is 2. The molecule has 3 aromatic rings. The summed E-state index contributed by atoms with van der Waals surface area (Å²) in [5.41, 5.74) is 5.37. The van der Waals surface area contributed by atoms with Gasteiger partial charge in [-0.2, -0.15) is 0 Å². The Kier molecular flexibility index (Phi) is 6.81. The van der Waals surface area contributed by atoms with Crippen molar-refractivity contribution in [2.75, 3.05) is 17.3 Å². The Balaban J connectivity index is 1.40. The van der Waals surface area contributed by atoms with Gasteiger partial charge in [-0.1, -0.05) is 74.3 Å². The van der Waals surface area contributed by atoms with E-state index in [1.165, 1.54) is 5.56 Å². The fourth-order valence-corrected chi connectivity index (χ4v) is 5.44. The summed E-state index contributed by atoms with van der Waals surface area (Å²) in [4.78, 5) is 20.0. The molecule has 8 heteroatoms. The van der Waals surface area contributed by atoms with Crippen molar-refractivity contribution < 1.29 is 4.79 Å². The summed E-state index contributed by atoms with van der Waals surface area (Å²) in [5.74, 6) is -0.138. The second-order valence-electron chi connectivity index (χ2n) is 10.0. The van der Waals surface area contributed by atoms with E-state index in [0.29, 0.717) is 15.8 Å². The number of halogens is 2. The minimum absolute atomic E-state index is 0.0377. The number of rotatable bonds is 5. The van der Waals surface area contributed by atoms with E-state index in [4.69, 9.17) is 28.2 Å².